The molecule has 0 aliphatic carbocycles. The Hall–Kier alpha value is -1.37. The van der Waals surface area contributed by atoms with Gasteiger partial charge in [-0.25, -0.2) is 4.39 Å². The largest absolute Gasteiger partial charge is 0.350 e. The van der Waals surface area contributed by atoms with Crippen molar-refractivity contribution in [3.63, 3.8) is 0 Å². The Kier molecular flexibility index (Phi) is 6.28. The van der Waals surface area contributed by atoms with Crippen molar-refractivity contribution in [1.29, 1.82) is 0 Å². The van der Waals surface area contributed by atoms with Crippen molar-refractivity contribution in [2.45, 2.75) is 37.8 Å². The highest BCUT2D eigenvalue weighted by Gasteiger charge is 2.47. The molecule has 2 amide bonds. The molecule has 4 atom stereocenters. The van der Waals surface area contributed by atoms with Crippen LogP contribution in [0.2, 0.25) is 5.02 Å². The second kappa shape index (κ2) is 8.33. The van der Waals surface area contributed by atoms with E-state index in [-0.39, 0.29) is 41.0 Å². The number of nitrogens with zero attached hydrogens (tertiary/aromatic N) is 1. The normalized spacial score (nSPS) is 29.6. The summed E-state index contributed by atoms with van der Waals surface area (Å²) in [6.45, 7) is 2.18. The molecule has 3 fully saturated rings. The van der Waals surface area contributed by atoms with Crippen LogP contribution in [0.25, 0.3) is 0 Å². The molecule has 2 bridgehead atoms. The fourth-order valence-electron chi connectivity index (χ4n) is 4.86. The van der Waals surface area contributed by atoms with Crippen LogP contribution in [0.15, 0.2) is 18.2 Å². The summed E-state index contributed by atoms with van der Waals surface area (Å²) in [5, 5.41) is 6.58. The smallest absolute Gasteiger partial charge is 0.252 e. The zero-order valence-corrected chi connectivity index (χ0v) is 16.5. The SMILES string of the molecule is Cl.O=C(NC[C@H]1[C@@H]2CNC[C@@H](C2)[C@@H]2CCCC(=O)N21)c1cc(F)ccc1Cl. The zero-order valence-electron chi connectivity index (χ0n) is 14.9. The number of fused-ring (bicyclic) bond motifs is 4. The molecule has 27 heavy (non-hydrogen) atoms. The number of hydrogen-bond donors (Lipinski definition) is 2. The second-order valence-corrected chi connectivity index (χ2v) is 7.98. The van der Waals surface area contributed by atoms with Crippen LogP contribution in [0.4, 0.5) is 4.39 Å². The van der Waals surface area contributed by atoms with E-state index in [1.165, 1.54) is 12.1 Å². The molecule has 0 spiro atoms. The number of carbonyl (C=O) groups excluding carboxylic acids is 2. The first-order chi connectivity index (χ1) is 12.5. The summed E-state index contributed by atoms with van der Waals surface area (Å²) < 4.78 is 13.4. The summed E-state index contributed by atoms with van der Waals surface area (Å²) in [6.07, 6.45) is 3.65. The predicted molar refractivity (Wildman–Crippen MR) is 104 cm³/mol. The van der Waals surface area contributed by atoms with Gasteiger partial charge in [-0.1, -0.05) is 11.6 Å². The lowest BCUT2D eigenvalue weighted by atomic mass is 9.72. The number of piperidine rings is 3. The van der Waals surface area contributed by atoms with E-state index in [0.717, 1.165) is 38.4 Å². The van der Waals surface area contributed by atoms with E-state index in [1.54, 1.807) is 0 Å². The minimum absolute atomic E-state index is 0. The van der Waals surface area contributed by atoms with Crippen molar-refractivity contribution in [2.75, 3.05) is 19.6 Å². The van der Waals surface area contributed by atoms with E-state index in [0.29, 0.717) is 24.8 Å². The predicted octanol–water partition coefficient (Wildman–Crippen LogP) is 2.62. The van der Waals surface area contributed by atoms with Crippen LogP contribution in [0.3, 0.4) is 0 Å². The van der Waals surface area contributed by atoms with Crippen LogP contribution in [-0.2, 0) is 4.79 Å². The first kappa shape index (κ1) is 20.4. The monoisotopic (exact) mass is 415 g/mol. The third-order valence-corrected chi connectivity index (χ3v) is 6.37. The van der Waals surface area contributed by atoms with Crippen LogP contribution in [0.1, 0.15) is 36.0 Å². The standard InChI is InChI=1S/C19H23ClFN3O2.ClH/c20-15-5-4-13(21)7-14(15)19(26)23-10-17-12-6-11(8-22-9-12)16-2-1-3-18(25)24(16)17;/h4-5,7,11-12,16-17,22H,1-3,6,8-10H2,(H,23,26);1H/t11-,12+,16+,17+;/m1./s1. The highest BCUT2D eigenvalue weighted by molar-refractivity contribution is 6.33. The van der Waals surface area contributed by atoms with E-state index in [2.05, 4.69) is 10.6 Å². The van der Waals surface area contributed by atoms with Gasteiger partial charge in [0.15, 0.2) is 0 Å². The minimum Gasteiger partial charge on any atom is -0.350 e. The average molecular weight is 416 g/mol. The van der Waals surface area contributed by atoms with Crippen molar-refractivity contribution in [1.82, 2.24) is 15.5 Å². The summed E-state index contributed by atoms with van der Waals surface area (Å²) in [5.74, 6) is 0.128. The summed E-state index contributed by atoms with van der Waals surface area (Å²) in [7, 11) is 0. The fraction of sp³-hybridized carbons (Fsp3) is 0.579. The van der Waals surface area contributed by atoms with Gasteiger partial charge in [0, 0.05) is 25.6 Å². The van der Waals surface area contributed by atoms with Crippen molar-refractivity contribution in [2.24, 2.45) is 11.8 Å². The van der Waals surface area contributed by atoms with Crippen molar-refractivity contribution < 1.29 is 14.0 Å². The molecule has 0 saturated carbocycles. The van der Waals surface area contributed by atoms with E-state index in [9.17, 15) is 14.0 Å². The molecule has 0 unspecified atom stereocenters. The van der Waals surface area contributed by atoms with Gasteiger partial charge in [0.25, 0.3) is 5.91 Å². The molecule has 8 heteroatoms. The number of nitrogens with one attached hydrogen (secondary N) is 2. The Balaban J connectivity index is 0.00000210. The van der Waals surface area contributed by atoms with Gasteiger partial charge in [-0.05, 0) is 55.8 Å². The Bertz CT molecular complexity index is 733. The van der Waals surface area contributed by atoms with Crippen LogP contribution in [0, 0.1) is 17.7 Å². The van der Waals surface area contributed by atoms with Crippen molar-refractivity contribution in [3.8, 4) is 0 Å². The summed E-state index contributed by atoms with van der Waals surface area (Å²) in [4.78, 5) is 27.1. The molecule has 0 radical (unpaired) electrons. The van der Waals surface area contributed by atoms with Gasteiger partial charge in [-0.2, -0.15) is 0 Å². The summed E-state index contributed by atoms with van der Waals surface area (Å²) >= 11 is 6.03. The van der Waals surface area contributed by atoms with Gasteiger partial charge >= 0.3 is 0 Å². The zero-order chi connectivity index (χ0) is 18.3. The maximum atomic E-state index is 13.4. The first-order valence-corrected chi connectivity index (χ1v) is 9.67. The highest BCUT2D eigenvalue weighted by atomic mass is 35.5. The molecular weight excluding hydrogens is 392 g/mol. The topological polar surface area (TPSA) is 61.4 Å². The first-order valence-electron chi connectivity index (χ1n) is 9.29. The molecule has 3 aliphatic rings. The van der Waals surface area contributed by atoms with Gasteiger partial charge < -0.3 is 15.5 Å². The molecule has 5 nitrogen and oxygen atoms in total. The molecule has 148 valence electrons. The number of hydrogen-bond acceptors (Lipinski definition) is 3. The molecule has 1 aromatic rings. The molecule has 2 N–H and O–H groups in total. The van der Waals surface area contributed by atoms with Crippen molar-refractivity contribution >= 4 is 35.8 Å². The maximum Gasteiger partial charge on any atom is 0.252 e. The maximum absolute atomic E-state index is 13.4. The number of rotatable bonds is 3. The number of halogens is 3. The molecule has 3 aliphatic heterocycles. The van der Waals surface area contributed by atoms with Crippen LogP contribution < -0.4 is 10.6 Å². The third kappa shape index (κ3) is 3.93. The van der Waals surface area contributed by atoms with E-state index >= 15 is 0 Å². The van der Waals surface area contributed by atoms with E-state index < -0.39 is 11.7 Å². The van der Waals surface area contributed by atoms with Gasteiger partial charge in [0.1, 0.15) is 5.82 Å². The van der Waals surface area contributed by atoms with Gasteiger partial charge in [-0.15, -0.1) is 12.4 Å². The lowest BCUT2D eigenvalue weighted by Gasteiger charge is -2.54. The summed E-state index contributed by atoms with van der Waals surface area (Å²) in [5.41, 5.74) is 0.128. The second-order valence-electron chi connectivity index (χ2n) is 7.58. The van der Waals surface area contributed by atoms with Crippen LogP contribution in [-0.4, -0.2) is 48.4 Å². The van der Waals surface area contributed by atoms with E-state index in [4.69, 9.17) is 11.6 Å². The Morgan fingerprint density at radius 1 is 1.33 bits per heavy atom. The molecule has 3 saturated heterocycles. The number of carbonyl (C=O) groups is 2. The molecule has 1 aromatic carbocycles. The number of benzene rings is 1. The van der Waals surface area contributed by atoms with Crippen LogP contribution >= 0.6 is 24.0 Å². The van der Waals surface area contributed by atoms with Gasteiger partial charge in [-0.3, -0.25) is 9.59 Å². The fourth-order valence-corrected chi connectivity index (χ4v) is 5.06. The highest BCUT2D eigenvalue weighted by Crippen LogP contribution is 2.39. The summed E-state index contributed by atoms with van der Waals surface area (Å²) in [6, 6.07) is 4.00. The Morgan fingerprint density at radius 3 is 2.93 bits per heavy atom. The molecule has 0 aromatic heterocycles. The lowest BCUT2D eigenvalue weighted by molar-refractivity contribution is -0.148. The Labute approximate surface area is 169 Å². The lowest BCUT2D eigenvalue weighted by Crippen LogP contribution is -2.66. The third-order valence-electron chi connectivity index (χ3n) is 6.04. The molecule has 3 heterocycles. The van der Waals surface area contributed by atoms with E-state index in [1.807, 2.05) is 4.90 Å². The minimum atomic E-state index is -0.497. The molecular formula is C19H24Cl2FN3O2. The van der Waals surface area contributed by atoms with Crippen LogP contribution in [0.5, 0.6) is 0 Å². The Morgan fingerprint density at radius 2 is 2.11 bits per heavy atom. The van der Waals surface area contributed by atoms with Gasteiger partial charge in [0.05, 0.1) is 16.6 Å². The van der Waals surface area contributed by atoms with Crippen molar-refractivity contribution in [3.05, 3.63) is 34.6 Å². The molecule has 4 rings (SSSR count). The number of amides is 2. The van der Waals surface area contributed by atoms with Gasteiger partial charge in [0.2, 0.25) is 5.91 Å². The average Bonchev–Trinajstić information content (AvgIpc) is 2.64. The quantitative estimate of drug-likeness (QED) is 0.797.